The molecule has 0 aliphatic rings. The van der Waals surface area contributed by atoms with Gasteiger partial charge in [-0.1, -0.05) is 0 Å². The molecule has 0 aliphatic carbocycles. The van der Waals surface area contributed by atoms with Crippen LogP contribution in [0.4, 0.5) is 0 Å². The molecule has 0 fully saturated rings. The molecule has 0 amide bonds. The van der Waals surface area contributed by atoms with E-state index in [0.29, 0.717) is 33.4 Å². The van der Waals surface area contributed by atoms with Gasteiger partial charge in [0, 0.05) is 12.1 Å². The third kappa shape index (κ3) is 2.56. The summed E-state index contributed by atoms with van der Waals surface area (Å²) in [5, 5.41) is 40.1. The molecule has 25 heavy (non-hydrogen) atoms. The van der Waals surface area contributed by atoms with Gasteiger partial charge in [0.2, 0.25) is 5.58 Å². The van der Waals surface area contributed by atoms with E-state index >= 15 is 0 Å². The topological polar surface area (TPSA) is 105 Å². The number of halogens is 1. The summed E-state index contributed by atoms with van der Waals surface area (Å²) in [6.07, 6.45) is 0. The zero-order chi connectivity index (χ0) is 17.0. The van der Waals surface area contributed by atoms with E-state index in [4.69, 9.17) is 8.83 Å². The van der Waals surface area contributed by atoms with Gasteiger partial charge < -0.3 is 37.3 Å². The van der Waals surface area contributed by atoms with Crippen LogP contribution in [0.5, 0.6) is 23.0 Å². The van der Waals surface area contributed by atoms with E-state index < -0.39 is 0 Å². The number of furan rings is 1. The number of phenols is 4. The van der Waals surface area contributed by atoms with E-state index in [1.807, 2.05) is 0 Å². The van der Waals surface area contributed by atoms with Crippen molar-refractivity contribution >= 4 is 21.9 Å². The van der Waals surface area contributed by atoms with Crippen molar-refractivity contribution in [3.63, 3.8) is 0 Å². The predicted octanol–water partition coefficient (Wildman–Crippen LogP) is 1.26. The fourth-order valence-electron chi connectivity index (χ4n) is 2.82. The average molecular weight is 361 g/mol. The Labute approximate surface area is 147 Å². The van der Waals surface area contributed by atoms with E-state index in [1.54, 1.807) is 19.1 Å². The van der Waals surface area contributed by atoms with Crippen LogP contribution in [0.2, 0.25) is 0 Å². The maximum atomic E-state index is 10.2. The summed E-state index contributed by atoms with van der Waals surface area (Å²) < 4.78 is 11.5. The molecule has 0 atom stereocenters. The first-order valence-corrected chi connectivity index (χ1v) is 7.18. The zero-order valence-corrected chi connectivity index (χ0v) is 13.7. The largest absolute Gasteiger partial charge is 1.00 e. The molecule has 6 nitrogen and oxygen atoms in total. The Bertz CT molecular complexity index is 1120. The van der Waals surface area contributed by atoms with Crippen LogP contribution >= 0.6 is 0 Å². The number of fused-ring (bicyclic) bond motifs is 3. The van der Waals surface area contributed by atoms with Gasteiger partial charge in [-0.15, -0.1) is 0 Å². The Balaban J connectivity index is 0.00000182. The van der Waals surface area contributed by atoms with Crippen molar-refractivity contribution in [3.8, 4) is 34.3 Å². The standard InChI is InChI=1S/C18H12O6.ClH/c1-8-4-11-16-14(22)6-10(19)7-15(16)24-17(18(11)23-8)9-2-3-12(20)13(21)5-9;/h2-7H,1H3,(H3-,19,20,21,22);1H. The highest BCUT2D eigenvalue weighted by Gasteiger charge is 2.28. The molecule has 2 heterocycles. The second-order valence-electron chi connectivity index (χ2n) is 5.57. The Hall–Kier alpha value is -3.12. The molecule has 4 rings (SSSR count). The lowest BCUT2D eigenvalue weighted by molar-refractivity contribution is -0.00000973. The fraction of sp³-hybridized carbons (Fsp3) is 0.0556. The molecule has 0 radical (unpaired) electrons. The van der Waals surface area contributed by atoms with E-state index in [-0.39, 0.29) is 41.0 Å². The SMILES string of the molecule is Cc1cc2c(o1)c(-c1ccc(O)c(O)c1)[o+]c1cc(O)cc(O)c12.[Cl-]. The molecule has 0 saturated heterocycles. The first-order chi connectivity index (χ1) is 11.4. The Morgan fingerprint density at radius 2 is 1.64 bits per heavy atom. The summed E-state index contributed by atoms with van der Waals surface area (Å²) in [6.45, 7) is 1.77. The average Bonchev–Trinajstić information content (AvgIpc) is 2.89. The monoisotopic (exact) mass is 360 g/mol. The summed E-state index contributed by atoms with van der Waals surface area (Å²) >= 11 is 0. The third-order valence-electron chi connectivity index (χ3n) is 3.85. The van der Waals surface area contributed by atoms with Crippen molar-refractivity contribution in [1.82, 2.24) is 0 Å². The van der Waals surface area contributed by atoms with E-state index in [0.717, 1.165) is 0 Å². The maximum Gasteiger partial charge on any atom is 0.403 e. The van der Waals surface area contributed by atoms with E-state index in [9.17, 15) is 20.4 Å². The van der Waals surface area contributed by atoms with Gasteiger partial charge in [0.25, 0.3) is 0 Å². The quantitative estimate of drug-likeness (QED) is 0.301. The lowest BCUT2D eigenvalue weighted by Gasteiger charge is -2.01. The third-order valence-corrected chi connectivity index (χ3v) is 3.85. The van der Waals surface area contributed by atoms with Gasteiger partial charge in [0.05, 0.1) is 17.0 Å². The van der Waals surface area contributed by atoms with Crippen LogP contribution in [-0.2, 0) is 0 Å². The van der Waals surface area contributed by atoms with Gasteiger partial charge in [0.15, 0.2) is 11.5 Å². The van der Waals surface area contributed by atoms with Gasteiger partial charge in [-0.3, -0.25) is 0 Å². The number of phenolic OH excluding ortho intramolecular Hbond substituents is 4. The Morgan fingerprint density at radius 1 is 0.880 bits per heavy atom. The van der Waals surface area contributed by atoms with Gasteiger partial charge in [-0.25, -0.2) is 4.42 Å². The zero-order valence-electron chi connectivity index (χ0n) is 12.9. The van der Waals surface area contributed by atoms with Crippen LogP contribution in [0.3, 0.4) is 0 Å². The summed E-state index contributed by atoms with van der Waals surface area (Å²) in [5.74, 6) is 0.123. The van der Waals surface area contributed by atoms with Gasteiger partial charge in [-0.2, -0.15) is 0 Å². The number of benzene rings is 2. The normalized spacial score (nSPS) is 10.9. The van der Waals surface area contributed by atoms with Crippen LogP contribution in [0.15, 0.2) is 45.2 Å². The molecule has 0 aliphatic heterocycles. The second kappa shape index (κ2) is 5.75. The van der Waals surface area contributed by atoms with Crippen molar-refractivity contribution in [3.05, 3.63) is 42.2 Å². The summed E-state index contributed by atoms with van der Waals surface area (Å²) in [5.41, 5.74) is 1.14. The summed E-state index contributed by atoms with van der Waals surface area (Å²) in [6, 6.07) is 8.63. The van der Waals surface area contributed by atoms with Gasteiger partial charge in [0.1, 0.15) is 22.6 Å². The van der Waals surface area contributed by atoms with E-state index in [1.165, 1.54) is 24.3 Å². The van der Waals surface area contributed by atoms with Crippen molar-refractivity contribution in [2.45, 2.75) is 6.92 Å². The highest BCUT2D eigenvalue weighted by Crippen LogP contribution is 2.42. The lowest BCUT2D eigenvalue weighted by Crippen LogP contribution is -3.00. The molecule has 2 aromatic heterocycles. The van der Waals surface area contributed by atoms with Crippen molar-refractivity contribution < 1.29 is 41.7 Å². The number of rotatable bonds is 1. The number of aromatic hydroxyl groups is 4. The minimum Gasteiger partial charge on any atom is -1.00 e. The summed E-state index contributed by atoms with van der Waals surface area (Å²) in [7, 11) is 0. The Morgan fingerprint density at radius 3 is 2.36 bits per heavy atom. The minimum atomic E-state index is -0.294. The predicted molar refractivity (Wildman–Crippen MR) is 87.2 cm³/mol. The van der Waals surface area contributed by atoms with Crippen LogP contribution in [-0.4, -0.2) is 20.4 Å². The van der Waals surface area contributed by atoms with Crippen LogP contribution in [0.1, 0.15) is 5.76 Å². The minimum absolute atomic E-state index is 0. The molecule has 7 heteroatoms. The number of hydrogen-bond donors (Lipinski definition) is 4. The van der Waals surface area contributed by atoms with Crippen molar-refractivity contribution in [2.24, 2.45) is 0 Å². The molecule has 4 aromatic rings. The number of hydrogen-bond acceptors (Lipinski definition) is 5. The molecule has 0 bridgehead atoms. The molecule has 0 spiro atoms. The lowest BCUT2D eigenvalue weighted by atomic mass is 10.1. The fourth-order valence-corrected chi connectivity index (χ4v) is 2.82. The molecule has 0 saturated carbocycles. The highest BCUT2D eigenvalue weighted by atomic mass is 35.5. The molecule has 4 N–H and O–H groups in total. The smallest absolute Gasteiger partial charge is 0.403 e. The molecule has 128 valence electrons. The first kappa shape index (κ1) is 16.7. The first-order valence-electron chi connectivity index (χ1n) is 7.18. The molecule has 0 unspecified atom stereocenters. The second-order valence-corrected chi connectivity index (χ2v) is 5.57. The molecular formula is C18H13ClO6. The van der Waals surface area contributed by atoms with Crippen molar-refractivity contribution in [1.29, 1.82) is 0 Å². The van der Waals surface area contributed by atoms with Crippen LogP contribution in [0.25, 0.3) is 33.3 Å². The van der Waals surface area contributed by atoms with Crippen LogP contribution < -0.4 is 12.4 Å². The van der Waals surface area contributed by atoms with Gasteiger partial charge >= 0.3 is 11.3 Å². The molecular weight excluding hydrogens is 348 g/mol. The number of aryl methyl sites for hydroxylation is 1. The highest BCUT2D eigenvalue weighted by molar-refractivity contribution is 6.10. The molecule has 2 aromatic carbocycles. The van der Waals surface area contributed by atoms with E-state index in [2.05, 4.69) is 0 Å². The van der Waals surface area contributed by atoms with Crippen molar-refractivity contribution in [2.75, 3.05) is 0 Å². The van der Waals surface area contributed by atoms with Gasteiger partial charge in [-0.05, 0) is 25.1 Å². The summed E-state index contributed by atoms with van der Waals surface area (Å²) in [4.78, 5) is 0. The maximum absolute atomic E-state index is 10.2. The van der Waals surface area contributed by atoms with Crippen LogP contribution in [0, 0.1) is 6.92 Å². The Kier molecular flexibility index (Phi) is 3.85.